The third-order valence-corrected chi connectivity index (χ3v) is 16.0. The summed E-state index contributed by atoms with van der Waals surface area (Å²) in [5, 5.41) is 9.88. The second kappa shape index (κ2) is 65.9. The zero-order valence-electron chi connectivity index (χ0n) is 54.4. The van der Waals surface area contributed by atoms with Crippen molar-refractivity contribution in [1.29, 1.82) is 0 Å². The van der Waals surface area contributed by atoms with Crippen LogP contribution in [0.25, 0.3) is 0 Å². The van der Waals surface area contributed by atoms with Crippen LogP contribution in [0.3, 0.4) is 0 Å². The first kappa shape index (κ1) is 80.9. The van der Waals surface area contributed by atoms with E-state index < -0.39 is 57.8 Å². The molecule has 0 heterocycles. The SMILES string of the molecule is CCCCC/C=C\C/C=C\CCCCCCCCCCCC(=O)OCC(COP(=O)(O)OCC(CO)OC(=O)CCCCCCCCCCC/C=C\C/C=C\CCCCC)OC(=O)CCCCCCCCCCC/C=C\C/C=C\CCCCC. The quantitative estimate of drug-likeness (QED) is 0.0197. The average molecular weight is 1200 g/mol. The van der Waals surface area contributed by atoms with Gasteiger partial charge >= 0.3 is 25.7 Å². The minimum atomic E-state index is -4.76. The molecule has 0 amide bonds. The van der Waals surface area contributed by atoms with Gasteiger partial charge in [-0.3, -0.25) is 23.4 Å². The standard InChI is InChI=1S/C72H129O11P/c1-4-7-10-13-16-19-22-25-28-31-34-37-40-43-46-49-52-55-58-61-70(74)79-65-69(83-72(76)63-60-57-54-51-48-45-42-39-36-33-30-27-24-21-18-15-12-9-6-3)67-81-84(77,78)80-66-68(64-73)82-71(75)62-59-56-53-50-47-44-41-38-35-32-29-26-23-20-17-14-11-8-5-2/h16-21,25-30,68-69,73H,4-15,22-24,31-67H2,1-3H3,(H,77,78)/b19-16-,20-17-,21-18-,28-25-,29-26-,30-27-. The minimum absolute atomic E-state index is 0.161. The number of hydrogen-bond acceptors (Lipinski definition) is 10. The second-order valence-electron chi connectivity index (χ2n) is 23.3. The Balaban J connectivity index is 4.67. The molecule has 0 aliphatic carbocycles. The summed E-state index contributed by atoms with van der Waals surface area (Å²) in [5.74, 6) is -1.46. The van der Waals surface area contributed by atoms with Gasteiger partial charge < -0.3 is 24.2 Å². The normalized spacial score (nSPS) is 13.6. The number of carbonyl (C=O) groups is 3. The highest BCUT2D eigenvalue weighted by Crippen LogP contribution is 2.43. The highest BCUT2D eigenvalue weighted by Gasteiger charge is 2.28. The first-order chi connectivity index (χ1) is 41.2. The number of phosphoric ester groups is 1. The monoisotopic (exact) mass is 1200 g/mol. The van der Waals surface area contributed by atoms with E-state index in [2.05, 4.69) is 93.7 Å². The number of esters is 3. The van der Waals surface area contributed by atoms with E-state index in [1.807, 2.05) is 0 Å². The summed E-state index contributed by atoms with van der Waals surface area (Å²) in [4.78, 5) is 48.9. The van der Waals surface area contributed by atoms with Crippen LogP contribution in [0, 0.1) is 0 Å². The van der Waals surface area contributed by atoms with Crippen molar-refractivity contribution in [3.8, 4) is 0 Å². The summed E-state index contributed by atoms with van der Waals surface area (Å²) in [7, 11) is -4.76. The molecule has 12 heteroatoms. The van der Waals surface area contributed by atoms with Gasteiger partial charge in [-0.15, -0.1) is 0 Å². The molecule has 0 aliphatic heterocycles. The van der Waals surface area contributed by atoms with Crippen LogP contribution in [-0.2, 0) is 42.2 Å². The van der Waals surface area contributed by atoms with Crippen molar-refractivity contribution in [2.45, 2.75) is 341 Å². The molecule has 84 heavy (non-hydrogen) atoms. The third-order valence-electron chi connectivity index (χ3n) is 15.1. The molecule has 0 saturated heterocycles. The van der Waals surface area contributed by atoms with Gasteiger partial charge in [-0.1, -0.05) is 267 Å². The van der Waals surface area contributed by atoms with E-state index in [-0.39, 0.29) is 25.9 Å². The van der Waals surface area contributed by atoms with Crippen molar-refractivity contribution in [3.05, 3.63) is 72.9 Å². The van der Waals surface area contributed by atoms with Gasteiger partial charge in [0.2, 0.25) is 0 Å². The molecule has 0 aromatic rings. The molecule has 2 N–H and O–H groups in total. The molecule has 0 aromatic carbocycles. The Morgan fingerprint density at radius 3 is 0.881 bits per heavy atom. The average Bonchev–Trinajstić information content (AvgIpc) is 3.55. The summed E-state index contributed by atoms with van der Waals surface area (Å²) in [6.07, 6.45) is 77.0. The maximum atomic E-state index is 13.0. The van der Waals surface area contributed by atoms with Crippen molar-refractivity contribution >= 4 is 25.7 Å². The molecule has 3 atom stereocenters. The molecule has 0 bridgehead atoms. The number of phosphoric acid groups is 1. The summed E-state index contributed by atoms with van der Waals surface area (Å²) in [6, 6.07) is 0. The van der Waals surface area contributed by atoms with Gasteiger partial charge in [-0.2, -0.15) is 0 Å². The van der Waals surface area contributed by atoms with Gasteiger partial charge in [0.25, 0.3) is 0 Å². The number of carbonyl (C=O) groups excluding carboxylic acids is 3. The van der Waals surface area contributed by atoms with Crippen LogP contribution in [-0.4, -0.2) is 66.5 Å². The first-order valence-corrected chi connectivity index (χ1v) is 36.3. The van der Waals surface area contributed by atoms with Gasteiger partial charge in [0.15, 0.2) is 6.10 Å². The topological polar surface area (TPSA) is 155 Å². The van der Waals surface area contributed by atoms with Crippen LogP contribution in [0.4, 0.5) is 0 Å². The Morgan fingerprint density at radius 1 is 0.333 bits per heavy atom. The predicted molar refractivity (Wildman–Crippen MR) is 353 cm³/mol. The second-order valence-corrected chi connectivity index (χ2v) is 24.8. The van der Waals surface area contributed by atoms with E-state index in [9.17, 15) is 28.9 Å². The largest absolute Gasteiger partial charge is 0.472 e. The molecule has 11 nitrogen and oxygen atoms in total. The van der Waals surface area contributed by atoms with E-state index >= 15 is 0 Å². The van der Waals surface area contributed by atoms with Crippen LogP contribution in [0.15, 0.2) is 72.9 Å². The van der Waals surface area contributed by atoms with Crippen LogP contribution in [0.2, 0.25) is 0 Å². The maximum absolute atomic E-state index is 13.0. The number of aliphatic hydroxyl groups excluding tert-OH is 1. The van der Waals surface area contributed by atoms with E-state index in [0.29, 0.717) is 19.3 Å². The summed E-state index contributed by atoms with van der Waals surface area (Å²) >= 11 is 0. The number of aliphatic hydroxyl groups is 1. The van der Waals surface area contributed by atoms with Crippen molar-refractivity contribution in [3.63, 3.8) is 0 Å². The Hall–Kier alpha value is -3.08. The van der Waals surface area contributed by atoms with Gasteiger partial charge in [0.05, 0.1) is 19.8 Å². The fourth-order valence-electron chi connectivity index (χ4n) is 9.74. The number of allylic oxidation sites excluding steroid dienone is 12. The Labute approximate surface area is 516 Å². The van der Waals surface area contributed by atoms with Crippen LogP contribution in [0.1, 0.15) is 329 Å². The fraction of sp³-hybridized carbons (Fsp3) is 0.792. The molecule has 0 aromatic heterocycles. The van der Waals surface area contributed by atoms with Gasteiger partial charge in [-0.25, -0.2) is 4.57 Å². The molecule has 0 aliphatic rings. The molecular weight excluding hydrogens is 1070 g/mol. The van der Waals surface area contributed by atoms with Gasteiger partial charge in [-0.05, 0) is 116 Å². The molecule has 3 unspecified atom stereocenters. The predicted octanol–water partition coefficient (Wildman–Crippen LogP) is 21.6. The lowest BCUT2D eigenvalue weighted by molar-refractivity contribution is -0.161. The molecule has 0 radical (unpaired) electrons. The Kier molecular flexibility index (Phi) is 63.5. The smallest absolute Gasteiger partial charge is 0.462 e. The molecule has 0 rings (SSSR count). The zero-order valence-corrected chi connectivity index (χ0v) is 55.3. The minimum Gasteiger partial charge on any atom is -0.462 e. The van der Waals surface area contributed by atoms with E-state index in [1.165, 1.54) is 173 Å². The lowest BCUT2D eigenvalue weighted by atomic mass is 10.1. The van der Waals surface area contributed by atoms with Crippen molar-refractivity contribution in [1.82, 2.24) is 0 Å². The Bertz CT molecular complexity index is 1690. The fourth-order valence-corrected chi connectivity index (χ4v) is 10.5. The lowest BCUT2D eigenvalue weighted by Gasteiger charge is -2.21. The highest BCUT2D eigenvalue weighted by molar-refractivity contribution is 7.47. The molecule has 0 spiro atoms. The Morgan fingerprint density at radius 2 is 0.583 bits per heavy atom. The summed E-state index contributed by atoms with van der Waals surface area (Å²) in [6.45, 7) is 4.62. The van der Waals surface area contributed by atoms with Gasteiger partial charge in [0, 0.05) is 19.3 Å². The maximum Gasteiger partial charge on any atom is 0.472 e. The first-order valence-electron chi connectivity index (χ1n) is 34.8. The highest BCUT2D eigenvalue weighted by atomic mass is 31.2. The van der Waals surface area contributed by atoms with Crippen LogP contribution < -0.4 is 0 Å². The lowest BCUT2D eigenvalue weighted by Crippen LogP contribution is -2.30. The number of unbranched alkanes of at least 4 members (excludes halogenated alkanes) is 36. The molecule has 0 fully saturated rings. The molecule has 0 saturated carbocycles. The third kappa shape index (κ3) is 63.4. The summed E-state index contributed by atoms with van der Waals surface area (Å²) in [5.41, 5.74) is 0. The van der Waals surface area contributed by atoms with Crippen LogP contribution in [0.5, 0.6) is 0 Å². The van der Waals surface area contributed by atoms with Crippen molar-refractivity contribution in [2.24, 2.45) is 0 Å². The number of ether oxygens (including phenoxy) is 3. The van der Waals surface area contributed by atoms with E-state index in [1.54, 1.807) is 0 Å². The number of rotatable bonds is 65. The zero-order chi connectivity index (χ0) is 61.2. The van der Waals surface area contributed by atoms with Crippen molar-refractivity contribution < 1.29 is 52.2 Å². The number of hydrogen-bond donors (Lipinski definition) is 2. The van der Waals surface area contributed by atoms with Crippen molar-refractivity contribution in [2.75, 3.05) is 26.4 Å². The summed E-state index contributed by atoms with van der Waals surface area (Å²) < 4.78 is 39.8. The van der Waals surface area contributed by atoms with E-state index in [0.717, 1.165) is 96.3 Å². The van der Waals surface area contributed by atoms with Crippen LogP contribution >= 0.6 is 7.82 Å². The molecular formula is C72H129O11P. The molecule has 488 valence electrons. The van der Waals surface area contributed by atoms with Gasteiger partial charge in [0.1, 0.15) is 12.7 Å². The van der Waals surface area contributed by atoms with E-state index in [4.69, 9.17) is 23.3 Å².